The number of hydrogen-bond acceptors (Lipinski definition) is 3. The zero-order chi connectivity index (χ0) is 9.56. The summed E-state index contributed by atoms with van der Waals surface area (Å²) in [5.74, 6) is 1.54. The third-order valence-corrected chi connectivity index (χ3v) is 3.45. The average molecular weight is 191 g/mol. The summed E-state index contributed by atoms with van der Waals surface area (Å²) in [6.45, 7) is 6.53. The lowest BCUT2D eigenvalue weighted by atomic mass is 10.0. The molecule has 0 radical (unpaired) electrons. The summed E-state index contributed by atoms with van der Waals surface area (Å²) in [4.78, 5) is 0. The molecule has 12 heavy (non-hydrogen) atoms. The number of rotatable bonds is 6. The molecule has 3 heteroatoms. The topological polar surface area (TPSA) is 46.2 Å². The molecule has 0 aromatic carbocycles. The second-order valence-electron chi connectivity index (χ2n) is 3.41. The van der Waals surface area contributed by atoms with E-state index in [9.17, 15) is 0 Å². The summed E-state index contributed by atoms with van der Waals surface area (Å²) < 4.78 is 0. The summed E-state index contributed by atoms with van der Waals surface area (Å²) in [6, 6.07) is 0.117. The highest BCUT2D eigenvalue weighted by atomic mass is 32.2. The number of nitrogens with two attached hydrogens (primary N) is 1. The standard InChI is InChI=1S/C9H21NOS/c1-4-5-12-8(6-11)9(10)7(2)3/h7-9,11H,4-6,10H2,1-3H3. The van der Waals surface area contributed by atoms with E-state index in [-0.39, 0.29) is 17.9 Å². The van der Waals surface area contributed by atoms with Gasteiger partial charge in [0, 0.05) is 11.3 Å². The molecule has 2 unspecified atom stereocenters. The predicted octanol–water partition coefficient (Wildman–Crippen LogP) is 1.47. The van der Waals surface area contributed by atoms with Crippen molar-refractivity contribution in [2.24, 2.45) is 11.7 Å². The average Bonchev–Trinajstić information content (AvgIpc) is 2.05. The third-order valence-electron chi connectivity index (χ3n) is 1.92. The Labute approximate surface area is 79.9 Å². The fourth-order valence-corrected chi connectivity index (χ4v) is 2.16. The summed E-state index contributed by atoms with van der Waals surface area (Å²) >= 11 is 1.78. The maximum atomic E-state index is 9.07. The Hall–Kier alpha value is 0.270. The van der Waals surface area contributed by atoms with E-state index in [1.165, 1.54) is 0 Å². The smallest absolute Gasteiger partial charge is 0.0565 e. The molecule has 0 fully saturated rings. The lowest BCUT2D eigenvalue weighted by Crippen LogP contribution is -2.39. The monoisotopic (exact) mass is 191 g/mol. The summed E-state index contributed by atoms with van der Waals surface area (Å²) in [5, 5.41) is 9.28. The molecule has 0 aliphatic heterocycles. The van der Waals surface area contributed by atoms with Crippen molar-refractivity contribution in [2.75, 3.05) is 12.4 Å². The minimum atomic E-state index is 0.117. The molecule has 3 N–H and O–H groups in total. The Bertz CT molecular complexity index is 109. The Morgan fingerprint density at radius 2 is 2.00 bits per heavy atom. The van der Waals surface area contributed by atoms with Crippen LogP contribution in [0.1, 0.15) is 27.2 Å². The lowest BCUT2D eigenvalue weighted by molar-refractivity contribution is 0.269. The van der Waals surface area contributed by atoms with Crippen LogP contribution in [-0.2, 0) is 0 Å². The van der Waals surface area contributed by atoms with E-state index in [2.05, 4.69) is 20.8 Å². The molecule has 0 aromatic rings. The van der Waals surface area contributed by atoms with Crippen molar-refractivity contribution in [1.29, 1.82) is 0 Å². The lowest BCUT2D eigenvalue weighted by Gasteiger charge is -2.24. The van der Waals surface area contributed by atoms with E-state index in [0.29, 0.717) is 5.92 Å². The SMILES string of the molecule is CCCSC(CO)C(N)C(C)C. The van der Waals surface area contributed by atoms with Crippen molar-refractivity contribution in [3.8, 4) is 0 Å². The third kappa shape index (κ3) is 4.33. The first-order valence-corrected chi connectivity index (χ1v) is 5.66. The fraction of sp³-hybridized carbons (Fsp3) is 1.00. The van der Waals surface area contributed by atoms with E-state index < -0.39 is 0 Å². The quantitative estimate of drug-likeness (QED) is 0.668. The second-order valence-corrected chi connectivity index (χ2v) is 4.76. The molecule has 0 aliphatic rings. The number of hydrogen-bond donors (Lipinski definition) is 2. The molecule has 0 spiro atoms. The van der Waals surface area contributed by atoms with Gasteiger partial charge in [0.25, 0.3) is 0 Å². The van der Waals surface area contributed by atoms with Crippen molar-refractivity contribution < 1.29 is 5.11 Å². The molecule has 0 bridgehead atoms. The Morgan fingerprint density at radius 1 is 1.42 bits per heavy atom. The molecule has 2 nitrogen and oxygen atoms in total. The largest absolute Gasteiger partial charge is 0.395 e. The predicted molar refractivity (Wildman–Crippen MR) is 56.4 cm³/mol. The fourth-order valence-electron chi connectivity index (χ4n) is 0.984. The number of aliphatic hydroxyl groups excluding tert-OH is 1. The van der Waals surface area contributed by atoms with Crippen LogP contribution in [0.15, 0.2) is 0 Å². The van der Waals surface area contributed by atoms with Crippen molar-refractivity contribution in [3.63, 3.8) is 0 Å². The van der Waals surface area contributed by atoms with Crippen LogP contribution in [0.2, 0.25) is 0 Å². The molecule has 2 atom stereocenters. The highest BCUT2D eigenvalue weighted by molar-refractivity contribution is 7.99. The molecule has 0 amide bonds. The van der Waals surface area contributed by atoms with E-state index in [1.807, 2.05) is 0 Å². The van der Waals surface area contributed by atoms with E-state index in [4.69, 9.17) is 10.8 Å². The first-order valence-electron chi connectivity index (χ1n) is 4.61. The Balaban J connectivity index is 3.79. The molecule has 0 rings (SSSR count). The van der Waals surface area contributed by atoms with E-state index in [1.54, 1.807) is 11.8 Å². The zero-order valence-corrected chi connectivity index (χ0v) is 9.10. The maximum Gasteiger partial charge on any atom is 0.0565 e. The van der Waals surface area contributed by atoms with Crippen molar-refractivity contribution in [3.05, 3.63) is 0 Å². The van der Waals surface area contributed by atoms with Gasteiger partial charge in [0.1, 0.15) is 0 Å². The maximum absolute atomic E-state index is 9.07. The van der Waals surface area contributed by atoms with Gasteiger partial charge in [-0.15, -0.1) is 0 Å². The van der Waals surface area contributed by atoms with Crippen LogP contribution in [0, 0.1) is 5.92 Å². The van der Waals surface area contributed by atoms with Crippen LogP contribution in [0.5, 0.6) is 0 Å². The Kier molecular flexibility index (Phi) is 6.90. The highest BCUT2D eigenvalue weighted by Crippen LogP contribution is 2.18. The second kappa shape index (κ2) is 6.75. The van der Waals surface area contributed by atoms with Gasteiger partial charge >= 0.3 is 0 Å². The van der Waals surface area contributed by atoms with Gasteiger partial charge in [-0.05, 0) is 18.1 Å². The van der Waals surface area contributed by atoms with Gasteiger partial charge in [0.2, 0.25) is 0 Å². The molecule has 0 aromatic heterocycles. The summed E-state index contributed by atoms with van der Waals surface area (Å²) in [7, 11) is 0. The molecular weight excluding hydrogens is 170 g/mol. The van der Waals surface area contributed by atoms with Crippen molar-refractivity contribution in [1.82, 2.24) is 0 Å². The molecule has 0 saturated carbocycles. The Morgan fingerprint density at radius 3 is 2.33 bits per heavy atom. The van der Waals surface area contributed by atoms with Crippen LogP contribution in [0.4, 0.5) is 0 Å². The minimum absolute atomic E-state index is 0.117. The molecule has 0 heterocycles. The normalized spacial score (nSPS) is 16.5. The summed E-state index contributed by atoms with van der Waals surface area (Å²) in [6.07, 6.45) is 1.14. The number of thioether (sulfide) groups is 1. The molecule has 74 valence electrons. The van der Waals surface area contributed by atoms with Gasteiger partial charge in [-0.1, -0.05) is 20.8 Å². The zero-order valence-electron chi connectivity index (χ0n) is 8.29. The van der Waals surface area contributed by atoms with Gasteiger partial charge < -0.3 is 10.8 Å². The van der Waals surface area contributed by atoms with Crippen LogP contribution in [0.25, 0.3) is 0 Å². The molecule has 0 aliphatic carbocycles. The molecule has 0 saturated heterocycles. The van der Waals surface area contributed by atoms with Crippen LogP contribution < -0.4 is 5.73 Å². The van der Waals surface area contributed by atoms with Crippen LogP contribution in [-0.4, -0.2) is 28.8 Å². The van der Waals surface area contributed by atoms with Crippen LogP contribution in [0.3, 0.4) is 0 Å². The van der Waals surface area contributed by atoms with Gasteiger partial charge in [-0.25, -0.2) is 0 Å². The first kappa shape index (κ1) is 12.3. The van der Waals surface area contributed by atoms with E-state index in [0.717, 1.165) is 12.2 Å². The van der Waals surface area contributed by atoms with Crippen LogP contribution >= 0.6 is 11.8 Å². The molecular formula is C9H21NOS. The summed E-state index contributed by atoms with van der Waals surface area (Å²) in [5.41, 5.74) is 5.93. The van der Waals surface area contributed by atoms with Gasteiger partial charge in [-0.3, -0.25) is 0 Å². The van der Waals surface area contributed by atoms with Gasteiger partial charge in [0.05, 0.1) is 6.61 Å². The van der Waals surface area contributed by atoms with Crippen molar-refractivity contribution in [2.45, 2.75) is 38.5 Å². The first-order chi connectivity index (χ1) is 5.63. The highest BCUT2D eigenvalue weighted by Gasteiger charge is 2.19. The van der Waals surface area contributed by atoms with Crippen molar-refractivity contribution >= 4 is 11.8 Å². The van der Waals surface area contributed by atoms with E-state index >= 15 is 0 Å². The van der Waals surface area contributed by atoms with Gasteiger partial charge in [-0.2, -0.15) is 11.8 Å². The van der Waals surface area contributed by atoms with Gasteiger partial charge in [0.15, 0.2) is 0 Å². The number of aliphatic hydroxyl groups is 1. The minimum Gasteiger partial charge on any atom is -0.395 e.